The number of quaternary nitrogens is 1. The molecule has 0 saturated heterocycles. The summed E-state index contributed by atoms with van der Waals surface area (Å²) in [5, 5.41) is 3.08. The number of rotatable bonds is 68. The second kappa shape index (κ2) is 63.5. The Balaban J connectivity index is 4.91. The average Bonchev–Trinajstić information content (AvgIpc) is 3.51. The first kappa shape index (κ1) is 81.5. The number of esters is 1. The van der Waals surface area contributed by atoms with Gasteiger partial charge in [0.15, 0.2) is 0 Å². The zero-order chi connectivity index (χ0) is 60.7. The van der Waals surface area contributed by atoms with Gasteiger partial charge in [-0.25, -0.2) is 4.57 Å². The molecular formula is C73H144N2O7P+. The maximum Gasteiger partial charge on any atom is 0.472 e. The Morgan fingerprint density at radius 1 is 0.410 bits per heavy atom. The Kier molecular flexibility index (Phi) is 62.4. The zero-order valence-electron chi connectivity index (χ0n) is 56.5. The number of amides is 1. The molecular weight excluding hydrogens is 1050 g/mol. The third kappa shape index (κ3) is 64.8. The van der Waals surface area contributed by atoms with Crippen LogP contribution in [0.5, 0.6) is 0 Å². The van der Waals surface area contributed by atoms with Crippen molar-refractivity contribution in [2.75, 3.05) is 40.9 Å². The van der Waals surface area contributed by atoms with Crippen molar-refractivity contribution in [2.24, 2.45) is 0 Å². The van der Waals surface area contributed by atoms with Gasteiger partial charge in [0, 0.05) is 12.8 Å². The van der Waals surface area contributed by atoms with Gasteiger partial charge < -0.3 is 19.4 Å². The lowest BCUT2D eigenvalue weighted by molar-refractivity contribution is -0.870. The predicted molar refractivity (Wildman–Crippen MR) is 360 cm³/mol. The largest absolute Gasteiger partial charge is 0.472 e. The molecule has 9 nitrogen and oxygen atoms in total. The fourth-order valence-electron chi connectivity index (χ4n) is 11.2. The molecule has 0 bridgehead atoms. The third-order valence-corrected chi connectivity index (χ3v) is 17.9. The second-order valence-corrected chi connectivity index (χ2v) is 27.9. The van der Waals surface area contributed by atoms with Crippen LogP contribution in [0.4, 0.5) is 0 Å². The van der Waals surface area contributed by atoms with Gasteiger partial charge in [0.25, 0.3) is 0 Å². The summed E-state index contributed by atoms with van der Waals surface area (Å²) in [6, 6.07) is -0.844. The molecule has 3 unspecified atom stereocenters. The van der Waals surface area contributed by atoms with Gasteiger partial charge in [0.2, 0.25) is 5.91 Å². The number of allylic oxidation sites excluding steroid dienone is 3. The van der Waals surface area contributed by atoms with Gasteiger partial charge in [-0.3, -0.25) is 18.6 Å². The molecule has 0 spiro atoms. The van der Waals surface area contributed by atoms with E-state index in [9.17, 15) is 19.0 Å². The minimum Gasteiger partial charge on any atom is -0.456 e. The second-order valence-electron chi connectivity index (χ2n) is 26.5. The van der Waals surface area contributed by atoms with Crippen LogP contribution >= 0.6 is 7.82 Å². The summed E-state index contributed by atoms with van der Waals surface area (Å²) >= 11 is 0. The van der Waals surface area contributed by atoms with Crippen LogP contribution in [-0.2, 0) is 27.9 Å². The van der Waals surface area contributed by atoms with Crippen molar-refractivity contribution in [3.63, 3.8) is 0 Å². The van der Waals surface area contributed by atoms with Crippen molar-refractivity contribution >= 4 is 19.7 Å². The molecule has 83 heavy (non-hydrogen) atoms. The van der Waals surface area contributed by atoms with Gasteiger partial charge in [-0.15, -0.1) is 0 Å². The number of phosphoric ester groups is 1. The van der Waals surface area contributed by atoms with Gasteiger partial charge in [-0.2, -0.15) is 0 Å². The lowest BCUT2D eigenvalue weighted by atomic mass is 10.0. The molecule has 0 aromatic carbocycles. The van der Waals surface area contributed by atoms with E-state index in [0.29, 0.717) is 23.9 Å². The fraction of sp³-hybridized carbons (Fsp3) is 0.918. The SMILES string of the molecule is CCCCCCCC/C=C/CCCCCCCCCCCC(=O)OC(/C=C\CCCCCCCCCCC)C(COP(=O)(O)OCC[N+](C)(C)C)NC(=O)CCCCCCCCCCCCCCCCCCCCCCCCCCCCC. The Labute approximate surface area is 517 Å². The summed E-state index contributed by atoms with van der Waals surface area (Å²) in [5.74, 6) is -0.485. The molecule has 0 heterocycles. The number of hydrogen-bond donors (Lipinski definition) is 2. The van der Waals surface area contributed by atoms with Crippen molar-refractivity contribution in [2.45, 2.75) is 392 Å². The molecule has 0 aliphatic carbocycles. The van der Waals surface area contributed by atoms with E-state index in [0.717, 1.165) is 57.8 Å². The van der Waals surface area contributed by atoms with Crippen LogP contribution in [0.1, 0.15) is 380 Å². The minimum atomic E-state index is -4.45. The quantitative estimate of drug-likeness (QED) is 0.0205. The first-order chi connectivity index (χ1) is 40.4. The number of hydrogen-bond acceptors (Lipinski definition) is 6. The van der Waals surface area contributed by atoms with Gasteiger partial charge in [0.05, 0.1) is 33.8 Å². The van der Waals surface area contributed by atoms with E-state index < -0.39 is 20.0 Å². The van der Waals surface area contributed by atoms with Crippen LogP contribution in [0, 0.1) is 0 Å². The normalized spacial score (nSPS) is 13.6. The highest BCUT2D eigenvalue weighted by Crippen LogP contribution is 2.43. The lowest BCUT2D eigenvalue weighted by Gasteiger charge is -2.27. The van der Waals surface area contributed by atoms with E-state index in [1.807, 2.05) is 33.3 Å². The number of unbranched alkanes of at least 4 members (excludes halogenated alkanes) is 50. The number of nitrogens with one attached hydrogen (secondary N) is 1. The van der Waals surface area contributed by atoms with Crippen LogP contribution in [0.3, 0.4) is 0 Å². The third-order valence-electron chi connectivity index (χ3n) is 16.9. The highest BCUT2D eigenvalue weighted by molar-refractivity contribution is 7.47. The maximum atomic E-state index is 13.6. The number of phosphoric acid groups is 1. The van der Waals surface area contributed by atoms with E-state index in [4.69, 9.17) is 13.8 Å². The van der Waals surface area contributed by atoms with E-state index in [2.05, 4.69) is 38.2 Å². The number of likely N-dealkylation sites (N-methyl/N-ethyl adjacent to an activating group) is 1. The average molecular weight is 1190 g/mol. The van der Waals surface area contributed by atoms with Gasteiger partial charge in [0.1, 0.15) is 19.3 Å². The van der Waals surface area contributed by atoms with Crippen LogP contribution in [-0.4, -0.2) is 74.3 Å². The first-order valence-corrected chi connectivity index (χ1v) is 38.2. The minimum absolute atomic E-state index is 0.0439. The molecule has 0 aliphatic heterocycles. The van der Waals surface area contributed by atoms with Crippen molar-refractivity contribution in [3.05, 3.63) is 24.3 Å². The van der Waals surface area contributed by atoms with Crippen molar-refractivity contribution in [1.29, 1.82) is 0 Å². The lowest BCUT2D eigenvalue weighted by Crippen LogP contribution is -2.47. The molecule has 0 fully saturated rings. The summed E-state index contributed by atoms with van der Waals surface area (Å²) in [6.07, 6.45) is 77.8. The molecule has 0 saturated carbocycles. The topological polar surface area (TPSA) is 111 Å². The number of ether oxygens (including phenoxy) is 1. The van der Waals surface area contributed by atoms with Crippen LogP contribution < -0.4 is 5.32 Å². The Morgan fingerprint density at radius 2 is 0.699 bits per heavy atom. The van der Waals surface area contributed by atoms with Crippen molar-refractivity contribution in [3.8, 4) is 0 Å². The maximum absolute atomic E-state index is 13.6. The highest BCUT2D eigenvalue weighted by atomic mass is 31.2. The van der Waals surface area contributed by atoms with Crippen LogP contribution in [0.25, 0.3) is 0 Å². The molecule has 492 valence electrons. The molecule has 0 aromatic rings. The molecule has 3 atom stereocenters. The highest BCUT2D eigenvalue weighted by Gasteiger charge is 2.30. The molecule has 1 amide bonds. The Hall–Kier alpha value is -1.51. The summed E-state index contributed by atoms with van der Waals surface area (Å²) in [7, 11) is 1.52. The van der Waals surface area contributed by atoms with E-state index in [1.54, 1.807) is 0 Å². The summed E-state index contributed by atoms with van der Waals surface area (Å²) in [6.45, 7) is 7.07. The zero-order valence-corrected chi connectivity index (χ0v) is 57.4. The monoisotopic (exact) mass is 1190 g/mol. The van der Waals surface area contributed by atoms with E-state index in [1.165, 1.54) is 289 Å². The molecule has 0 aromatic heterocycles. The number of carbonyl (C=O) groups excluding carboxylic acids is 2. The summed E-state index contributed by atoms with van der Waals surface area (Å²) in [5.41, 5.74) is 0. The summed E-state index contributed by atoms with van der Waals surface area (Å²) in [4.78, 5) is 37.9. The molecule has 10 heteroatoms. The fourth-order valence-corrected chi connectivity index (χ4v) is 12.0. The Morgan fingerprint density at radius 3 is 1.02 bits per heavy atom. The van der Waals surface area contributed by atoms with Crippen molar-refractivity contribution < 1.29 is 37.3 Å². The van der Waals surface area contributed by atoms with E-state index >= 15 is 0 Å². The van der Waals surface area contributed by atoms with Gasteiger partial charge >= 0.3 is 13.8 Å². The van der Waals surface area contributed by atoms with Crippen molar-refractivity contribution in [1.82, 2.24) is 5.32 Å². The van der Waals surface area contributed by atoms with Gasteiger partial charge in [-0.1, -0.05) is 334 Å². The molecule has 0 aliphatic rings. The Bertz CT molecular complexity index is 1470. The molecule has 0 rings (SSSR count). The van der Waals surface area contributed by atoms with Crippen LogP contribution in [0.2, 0.25) is 0 Å². The van der Waals surface area contributed by atoms with Crippen LogP contribution in [0.15, 0.2) is 24.3 Å². The van der Waals surface area contributed by atoms with Gasteiger partial charge in [-0.05, 0) is 57.4 Å². The standard InChI is InChI=1S/C73H143N2O7P/c1-7-10-13-16-19-22-25-27-29-31-33-34-35-36-37-38-39-40-42-43-45-47-50-53-56-59-62-65-72(76)74-70(69-81-83(78,79)80-68-67-75(4,5)6)71(64-61-58-55-52-49-24-21-18-15-12-9-3)82-73(77)66-63-60-57-54-51-48-46-44-41-32-30-28-26-23-20-17-14-11-8-2/h28,30,61,64,70-71H,7-27,29,31-60,62-63,65-69H2,1-6H3,(H-,74,76,78,79)/p+1/b30-28+,64-61-. The van der Waals surface area contributed by atoms with E-state index in [-0.39, 0.29) is 25.1 Å². The smallest absolute Gasteiger partial charge is 0.456 e. The first-order valence-electron chi connectivity index (χ1n) is 36.7. The number of carbonyl (C=O) groups is 2. The number of nitrogens with zero attached hydrogens (tertiary/aromatic N) is 1. The molecule has 0 radical (unpaired) electrons. The molecule has 2 N–H and O–H groups in total. The summed E-state index contributed by atoms with van der Waals surface area (Å²) < 4.78 is 30.8. The predicted octanol–water partition coefficient (Wildman–Crippen LogP) is 23.2.